The fourth-order valence-electron chi connectivity index (χ4n) is 2.19. The largest absolute Gasteiger partial charge is 0.493 e. The van der Waals surface area contributed by atoms with Crippen molar-refractivity contribution in [3.8, 4) is 11.5 Å². The second-order valence-electron chi connectivity index (χ2n) is 6.41. The lowest BCUT2D eigenvalue weighted by molar-refractivity contribution is 0.0944. The van der Waals surface area contributed by atoms with E-state index in [2.05, 4.69) is 19.3 Å². The van der Waals surface area contributed by atoms with Crippen LogP contribution in [0.1, 0.15) is 30.6 Å². The predicted octanol–water partition coefficient (Wildman–Crippen LogP) is 2.88. The van der Waals surface area contributed by atoms with Crippen molar-refractivity contribution in [1.29, 1.82) is 0 Å². The van der Waals surface area contributed by atoms with E-state index in [1.165, 1.54) is 19.2 Å². The smallest absolute Gasteiger partial charge is 0.266 e. The highest BCUT2D eigenvalue weighted by Crippen LogP contribution is 2.28. The number of sulfonamides is 1. The van der Waals surface area contributed by atoms with Gasteiger partial charge in [-0.05, 0) is 54.8 Å². The summed E-state index contributed by atoms with van der Waals surface area (Å²) in [5, 5.41) is 0. The average Bonchev–Trinajstić information content (AvgIpc) is 2.66. The molecule has 0 unspecified atom stereocenters. The average molecular weight is 410 g/mol. The van der Waals surface area contributed by atoms with Gasteiger partial charge in [0, 0.05) is 5.56 Å². The third kappa shape index (κ3) is 5.93. The van der Waals surface area contributed by atoms with Crippen molar-refractivity contribution in [2.75, 3.05) is 13.7 Å². The molecule has 0 aliphatic heterocycles. The van der Waals surface area contributed by atoms with E-state index in [0.717, 1.165) is 30.7 Å². The van der Waals surface area contributed by atoms with Crippen molar-refractivity contribution in [1.82, 2.24) is 10.3 Å². The van der Waals surface area contributed by atoms with Crippen LogP contribution in [-0.2, 0) is 10.0 Å². The van der Waals surface area contributed by atoms with Crippen molar-refractivity contribution < 1.29 is 27.1 Å². The molecule has 2 rings (SSSR count). The molecule has 0 aliphatic rings. The van der Waals surface area contributed by atoms with Crippen LogP contribution in [0.5, 0.6) is 11.5 Å². The maximum atomic E-state index is 12.9. The third-order valence-corrected chi connectivity index (χ3v) is 5.07. The molecule has 0 heterocycles. The molecule has 0 bridgehead atoms. The fraction of sp³-hybridized carbons (Fsp3) is 0.316. The van der Waals surface area contributed by atoms with Gasteiger partial charge in [0.25, 0.3) is 15.9 Å². The SMILES string of the molecule is COc1cc(C(=O)NNS(=O)(=O)c2ccc(F)cc2)ccc1OCCC(C)C. The highest BCUT2D eigenvalue weighted by atomic mass is 32.2. The number of benzene rings is 2. The zero-order valence-electron chi connectivity index (χ0n) is 15.9. The lowest BCUT2D eigenvalue weighted by Crippen LogP contribution is -2.41. The van der Waals surface area contributed by atoms with Crippen LogP contribution in [-0.4, -0.2) is 28.0 Å². The summed E-state index contributed by atoms with van der Waals surface area (Å²) < 4.78 is 48.1. The van der Waals surface area contributed by atoms with Crippen molar-refractivity contribution in [2.24, 2.45) is 5.92 Å². The molecule has 0 radical (unpaired) electrons. The van der Waals surface area contributed by atoms with E-state index >= 15 is 0 Å². The van der Waals surface area contributed by atoms with Gasteiger partial charge in [-0.1, -0.05) is 13.8 Å². The van der Waals surface area contributed by atoms with Gasteiger partial charge in [-0.15, -0.1) is 4.83 Å². The Morgan fingerprint density at radius 1 is 1.11 bits per heavy atom. The summed E-state index contributed by atoms with van der Waals surface area (Å²) in [6, 6.07) is 8.74. The van der Waals surface area contributed by atoms with E-state index in [1.54, 1.807) is 6.07 Å². The first-order valence-corrected chi connectivity index (χ1v) is 10.1. The second-order valence-corrected chi connectivity index (χ2v) is 8.09. The van der Waals surface area contributed by atoms with Crippen LogP contribution in [0.4, 0.5) is 4.39 Å². The summed E-state index contributed by atoms with van der Waals surface area (Å²) in [7, 11) is -2.58. The number of ether oxygens (including phenoxy) is 2. The van der Waals surface area contributed by atoms with Gasteiger partial charge < -0.3 is 9.47 Å². The van der Waals surface area contributed by atoms with Crippen molar-refractivity contribution >= 4 is 15.9 Å². The standard InChI is InChI=1S/C19H23FN2O5S/c1-13(2)10-11-27-17-9-4-14(12-18(17)26-3)19(23)21-22-28(24,25)16-7-5-15(20)6-8-16/h4-9,12-13,22H,10-11H2,1-3H3,(H,21,23). The minimum Gasteiger partial charge on any atom is -0.493 e. The topological polar surface area (TPSA) is 93.7 Å². The molecule has 2 aromatic rings. The Hall–Kier alpha value is -2.65. The molecule has 0 saturated carbocycles. The Kier molecular flexibility index (Phi) is 7.36. The van der Waals surface area contributed by atoms with E-state index in [-0.39, 0.29) is 10.5 Å². The molecular weight excluding hydrogens is 387 g/mol. The summed E-state index contributed by atoms with van der Waals surface area (Å²) in [5.41, 5.74) is 2.29. The van der Waals surface area contributed by atoms with Crippen LogP contribution in [0.15, 0.2) is 47.4 Å². The Morgan fingerprint density at radius 2 is 1.79 bits per heavy atom. The van der Waals surface area contributed by atoms with E-state index < -0.39 is 21.7 Å². The fourth-order valence-corrected chi connectivity index (χ4v) is 3.03. The number of halogens is 1. The summed E-state index contributed by atoms with van der Waals surface area (Å²) in [4.78, 5) is 14.1. The van der Waals surface area contributed by atoms with E-state index in [4.69, 9.17) is 9.47 Å². The number of hydrogen-bond donors (Lipinski definition) is 2. The number of nitrogens with one attached hydrogen (secondary N) is 2. The molecule has 28 heavy (non-hydrogen) atoms. The molecule has 9 heteroatoms. The van der Waals surface area contributed by atoms with Crippen LogP contribution in [0.3, 0.4) is 0 Å². The quantitative estimate of drug-likeness (QED) is 0.620. The van der Waals surface area contributed by atoms with Gasteiger partial charge in [-0.25, -0.2) is 12.8 Å². The van der Waals surface area contributed by atoms with Crippen molar-refractivity contribution in [2.45, 2.75) is 25.2 Å². The van der Waals surface area contributed by atoms with Crippen molar-refractivity contribution in [3.05, 3.63) is 53.8 Å². The van der Waals surface area contributed by atoms with Gasteiger partial charge >= 0.3 is 0 Å². The van der Waals surface area contributed by atoms with Gasteiger partial charge in [0.1, 0.15) is 5.82 Å². The lowest BCUT2D eigenvalue weighted by Gasteiger charge is -2.13. The molecule has 0 aliphatic carbocycles. The Morgan fingerprint density at radius 3 is 2.39 bits per heavy atom. The van der Waals surface area contributed by atoms with Crippen LogP contribution >= 0.6 is 0 Å². The van der Waals surface area contributed by atoms with Crippen molar-refractivity contribution in [3.63, 3.8) is 0 Å². The third-order valence-electron chi connectivity index (χ3n) is 3.80. The first-order chi connectivity index (χ1) is 13.2. The first kappa shape index (κ1) is 21.6. The summed E-state index contributed by atoms with van der Waals surface area (Å²) in [6.45, 7) is 4.68. The molecule has 0 fully saturated rings. The van der Waals surface area contributed by atoms with Gasteiger partial charge in [0.05, 0.1) is 18.6 Å². The lowest BCUT2D eigenvalue weighted by atomic mass is 10.1. The molecular formula is C19H23FN2O5S. The van der Waals surface area contributed by atoms with Crippen LogP contribution < -0.4 is 19.7 Å². The van der Waals surface area contributed by atoms with E-state index in [9.17, 15) is 17.6 Å². The molecule has 0 aromatic heterocycles. The first-order valence-electron chi connectivity index (χ1n) is 8.61. The monoisotopic (exact) mass is 410 g/mol. The second kappa shape index (κ2) is 9.52. The molecule has 7 nitrogen and oxygen atoms in total. The van der Waals surface area contributed by atoms with E-state index in [0.29, 0.717) is 24.0 Å². The number of carbonyl (C=O) groups is 1. The number of rotatable bonds is 9. The van der Waals surface area contributed by atoms with Gasteiger partial charge in [-0.3, -0.25) is 10.2 Å². The zero-order chi connectivity index (χ0) is 20.7. The normalized spacial score (nSPS) is 11.3. The van der Waals surface area contributed by atoms with Crippen LogP contribution in [0.25, 0.3) is 0 Å². The molecule has 0 atom stereocenters. The summed E-state index contributed by atoms with van der Waals surface area (Å²) in [6.07, 6.45) is 0.872. The minimum absolute atomic E-state index is 0.176. The number of amides is 1. The van der Waals surface area contributed by atoms with Crippen LogP contribution in [0, 0.1) is 11.7 Å². The molecule has 0 spiro atoms. The highest BCUT2D eigenvalue weighted by Gasteiger charge is 2.17. The minimum atomic E-state index is -4.03. The molecule has 0 saturated heterocycles. The zero-order valence-corrected chi connectivity index (χ0v) is 16.7. The molecule has 152 valence electrons. The van der Waals surface area contributed by atoms with Crippen LogP contribution in [0.2, 0.25) is 0 Å². The number of hydrazine groups is 1. The van der Waals surface area contributed by atoms with Gasteiger partial charge in [0.15, 0.2) is 11.5 Å². The van der Waals surface area contributed by atoms with Gasteiger partial charge in [0.2, 0.25) is 0 Å². The Balaban J connectivity index is 2.04. The number of methoxy groups -OCH3 is 1. The predicted molar refractivity (Wildman–Crippen MR) is 102 cm³/mol. The maximum Gasteiger partial charge on any atom is 0.266 e. The van der Waals surface area contributed by atoms with Gasteiger partial charge in [-0.2, -0.15) is 0 Å². The molecule has 2 aromatic carbocycles. The maximum absolute atomic E-state index is 12.9. The molecule has 1 amide bonds. The highest BCUT2D eigenvalue weighted by molar-refractivity contribution is 7.89. The van der Waals surface area contributed by atoms with E-state index in [1.807, 2.05) is 4.83 Å². The summed E-state index contributed by atoms with van der Waals surface area (Å²) in [5.74, 6) is 0.0954. The number of carbonyl (C=O) groups excluding carboxylic acids is 1. The Bertz CT molecular complexity index is 914. The number of hydrogen-bond acceptors (Lipinski definition) is 5. The Labute approximate surface area is 163 Å². The molecule has 2 N–H and O–H groups in total. The summed E-state index contributed by atoms with van der Waals surface area (Å²) >= 11 is 0.